The standard InChI is InChI=1S/C20H19ClFN3S2/c1-2-9-25-19(16-12-26-18-6-4-3-5-15(16)18)23-24-20(25)27-11-13-7-8-14(22)10-17(13)21/h2,7-8,10,12H,1,3-6,9,11H2. The van der Waals surface area contributed by atoms with Crippen LogP contribution in [0.25, 0.3) is 11.4 Å². The SMILES string of the molecule is C=CCn1c(SCc2ccc(F)cc2Cl)nnc1-c1csc2c1CCCC2. The third kappa shape index (κ3) is 3.84. The van der Waals surface area contributed by atoms with Crippen molar-refractivity contribution < 1.29 is 4.39 Å². The molecule has 140 valence electrons. The second kappa shape index (κ2) is 8.17. The molecule has 3 aromatic rings. The van der Waals surface area contributed by atoms with Crippen LogP contribution in [0.15, 0.2) is 41.4 Å². The van der Waals surface area contributed by atoms with E-state index in [2.05, 4.69) is 26.7 Å². The molecule has 1 aromatic carbocycles. The van der Waals surface area contributed by atoms with E-state index in [1.165, 1.54) is 47.4 Å². The molecular weight excluding hydrogens is 401 g/mol. The first kappa shape index (κ1) is 18.7. The molecule has 0 saturated heterocycles. The summed E-state index contributed by atoms with van der Waals surface area (Å²) in [4.78, 5) is 1.48. The minimum atomic E-state index is -0.326. The molecule has 1 aliphatic carbocycles. The number of hydrogen-bond donors (Lipinski definition) is 0. The van der Waals surface area contributed by atoms with Crippen LogP contribution in [0.1, 0.15) is 28.8 Å². The second-order valence-corrected chi connectivity index (χ2v) is 8.80. The van der Waals surface area contributed by atoms with Gasteiger partial charge >= 0.3 is 0 Å². The van der Waals surface area contributed by atoms with Crippen LogP contribution in [0, 0.1) is 5.82 Å². The highest BCUT2D eigenvalue weighted by Gasteiger charge is 2.22. The number of nitrogens with zero attached hydrogens (tertiary/aromatic N) is 3. The lowest BCUT2D eigenvalue weighted by Gasteiger charge is -2.13. The van der Waals surface area contributed by atoms with Crippen molar-refractivity contribution in [1.82, 2.24) is 14.8 Å². The normalized spacial score (nSPS) is 13.6. The number of rotatable bonds is 6. The maximum atomic E-state index is 13.2. The minimum Gasteiger partial charge on any atom is -0.298 e. The Kier molecular flexibility index (Phi) is 5.66. The average molecular weight is 420 g/mol. The zero-order valence-electron chi connectivity index (χ0n) is 14.8. The van der Waals surface area contributed by atoms with E-state index in [0.717, 1.165) is 23.0 Å². The molecule has 27 heavy (non-hydrogen) atoms. The lowest BCUT2D eigenvalue weighted by molar-refractivity contribution is 0.627. The van der Waals surface area contributed by atoms with Crippen LogP contribution in [-0.2, 0) is 25.1 Å². The van der Waals surface area contributed by atoms with Crippen LogP contribution in [0.5, 0.6) is 0 Å². The van der Waals surface area contributed by atoms with Gasteiger partial charge in [-0.1, -0.05) is 35.5 Å². The molecule has 0 amide bonds. The number of thiophene rings is 1. The molecule has 0 bridgehead atoms. The largest absolute Gasteiger partial charge is 0.298 e. The topological polar surface area (TPSA) is 30.7 Å². The Labute approximate surface area is 171 Å². The van der Waals surface area contributed by atoms with Gasteiger partial charge in [-0.3, -0.25) is 4.57 Å². The third-order valence-corrected chi connectivity index (χ3v) is 7.16. The highest BCUT2D eigenvalue weighted by molar-refractivity contribution is 7.98. The first-order chi connectivity index (χ1) is 13.2. The second-order valence-electron chi connectivity index (χ2n) is 6.49. The summed E-state index contributed by atoms with van der Waals surface area (Å²) in [6, 6.07) is 4.49. The fraction of sp³-hybridized carbons (Fsp3) is 0.300. The smallest absolute Gasteiger partial charge is 0.192 e. The molecule has 2 aromatic heterocycles. The van der Waals surface area contributed by atoms with Gasteiger partial charge in [0.15, 0.2) is 11.0 Å². The van der Waals surface area contributed by atoms with E-state index < -0.39 is 0 Å². The summed E-state index contributed by atoms with van der Waals surface area (Å²) in [6.07, 6.45) is 6.65. The van der Waals surface area contributed by atoms with E-state index in [9.17, 15) is 4.39 Å². The van der Waals surface area contributed by atoms with Crippen molar-refractivity contribution in [3.63, 3.8) is 0 Å². The molecule has 0 aliphatic heterocycles. The Morgan fingerprint density at radius 3 is 2.96 bits per heavy atom. The van der Waals surface area contributed by atoms with Crippen molar-refractivity contribution in [1.29, 1.82) is 0 Å². The number of benzene rings is 1. The lowest BCUT2D eigenvalue weighted by atomic mass is 9.95. The van der Waals surface area contributed by atoms with Crippen molar-refractivity contribution in [3.05, 3.63) is 63.1 Å². The Balaban J connectivity index is 1.63. The Morgan fingerprint density at radius 2 is 2.15 bits per heavy atom. The Morgan fingerprint density at radius 1 is 1.30 bits per heavy atom. The van der Waals surface area contributed by atoms with E-state index in [-0.39, 0.29) is 5.82 Å². The number of allylic oxidation sites excluding steroid dienone is 1. The van der Waals surface area contributed by atoms with Crippen LogP contribution in [0.3, 0.4) is 0 Å². The number of aryl methyl sites for hydroxylation is 1. The molecule has 0 unspecified atom stereocenters. The first-order valence-electron chi connectivity index (χ1n) is 8.88. The van der Waals surface area contributed by atoms with Crippen molar-refractivity contribution in [2.24, 2.45) is 0 Å². The fourth-order valence-corrected chi connectivity index (χ4v) is 5.74. The summed E-state index contributed by atoms with van der Waals surface area (Å²) in [5, 5.41) is 12.4. The molecule has 0 radical (unpaired) electrons. The van der Waals surface area contributed by atoms with Gasteiger partial charge < -0.3 is 0 Å². The van der Waals surface area contributed by atoms with Gasteiger partial charge in [0.2, 0.25) is 0 Å². The van der Waals surface area contributed by atoms with E-state index in [1.54, 1.807) is 17.8 Å². The highest BCUT2D eigenvalue weighted by Crippen LogP contribution is 2.37. The predicted molar refractivity (Wildman–Crippen MR) is 111 cm³/mol. The van der Waals surface area contributed by atoms with Crippen molar-refractivity contribution >= 4 is 34.7 Å². The van der Waals surface area contributed by atoms with Crippen LogP contribution < -0.4 is 0 Å². The van der Waals surface area contributed by atoms with Gasteiger partial charge in [0.05, 0.1) is 0 Å². The summed E-state index contributed by atoms with van der Waals surface area (Å²) >= 11 is 9.53. The van der Waals surface area contributed by atoms with E-state index in [0.29, 0.717) is 17.3 Å². The zero-order chi connectivity index (χ0) is 18.8. The van der Waals surface area contributed by atoms with Gasteiger partial charge in [-0.05, 0) is 48.9 Å². The summed E-state index contributed by atoms with van der Waals surface area (Å²) in [5.74, 6) is 1.19. The molecule has 4 rings (SSSR count). The number of hydrogen-bond acceptors (Lipinski definition) is 4. The van der Waals surface area contributed by atoms with Crippen LogP contribution in [-0.4, -0.2) is 14.8 Å². The predicted octanol–water partition coefficient (Wildman–Crippen LogP) is 6.16. The number of thioether (sulfide) groups is 1. The van der Waals surface area contributed by atoms with E-state index in [4.69, 9.17) is 11.6 Å². The van der Waals surface area contributed by atoms with Crippen LogP contribution in [0.2, 0.25) is 5.02 Å². The Hall–Kier alpha value is -1.63. The van der Waals surface area contributed by atoms with Crippen molar-refractivity contribution in [3.8, 4) is 11.4 Å². The van der Waals surface area contributed by atoms with E-state index >= 15 is 0 Å². The molecule has 0 atom stereocenters. The quantitative estimate of drug-likeness (QED) is 0.354. The Bertz CT molecular complexity index is 980. The molecule has 0 N–H and O–H groups in total. The van der Waals surface area contributed by atoms with Crippen LogP contribution in [0.4, 0.5) is 4.39 Å². The number of aromatic nitrogens is 3. The van der Waals surface area contributed by atoms with Gasteiger partial charge in [0.25, 0.3) is 0 Å². The maximum Gasteiger partial charge on any atom is 0.192 e. The summed E-state index contributed by atoms with van der Waals surface area (Å²) < 4.78 is 15.3. The first-order valence-corrected chi connectivity index (χ1v) is 11.1. The molecule has 0 spiro atoms. The van der Waals surface area contributed by atoms with Crippen LogP contribution >= 0.6 is 34.7 Å². The molecular formula is C20H19ClFN3S2. The van der Waals surface area contributed by atoms with Crippen molar-refractivity contribution in [2.45, 2.75) is 43.1 Å². The molecule has 0 fully saturated rings. The van der Waals surface area contributed by atoms with Crippen molar-refractivity contribution in [2.75, 3.05) is 0 Å². The maximum absolute atomic E-state index is 13.2. The molecule has 0 saturated carbocycles. The van der Waals surface area contributed by atoms with Gasteiger partial charge in [-0.25, -0.2) is 4.39 Å². The van der Waals surface area contributed by atoms with Gasteiger partial charge in [-0.2, -0.15) is 0 Å². The van der Waals surface area contributed by atoms with Gasteiger partial charge in [-0.15, -0.1) is 28.1 Å². The lowest BCUT2D eigenvalue weighted by Crippen LogP contribution is -2.04. The van der Waals surface area contributed by atoms with Gasteiger partial charge in [0.1, 0.15) is 5.82 Å². The minimum absolute atomic E-state index is 0.326. The zero-order valence-corrected chi connectivity index (χ0v) is 17.1. The molecule has 3 nitrogen and oxygen atoms in total. The van der Waals surface area contributed by atoms with E-state index in [1.807, 2.05) is 17.4 Å². The van der Waals surface area contributed by atoms with Gasteiger partial charge in [0, 0.05) is 33.1 Å². The monoisotopic (exact) mass is 419 g/mol. The fourth-order valence-electron chi connectivity index (χ4n) is 3.35. The highest BCUT2D eigenvalue weighted by atomic mass is 35.5. The molecule has 7 heteroatoms. The summed E-state index contributed by atoms with van der Waals surface area (Å²) in [5.41, 5.74) is 3.52. The third-order valence-electron chi connectivity index (χ3n) is 4.70. The number of fused-ring (bicyclic) bond motifs is 1. The summed E-state index contributed by atoms with van der Waals surface area (Å²) in [7, 11) is 0. The summed E-state index contributed by atoms with van der Waals surface area (Å²) in [6.45, 7) is 4.53. The average Bonchev–Trinajstić information content (AvgIpc) is 3.25. The molecule has 2 heterocycles. The molecule has 1 aliphatic rings. The number of halogens is 2.